The lowest BCUT2D eigenvalue weighted by atomic mass is 9.97. The Morgan fingerprint density at radius 1 is 0.833 bits per heavy atom. The Bertz CT molecular complexity index is 1200. The molecule has 0 aliphatic rings. The highest BCUT2D eigenvalue weighted by molar-refractivity contribution is 6.00. The highest BCUT2D eigenvalue weighted by Gasteiger charge is 2.13. The number of hydrogen-bond acceptors (Lipinski definition) is 2. The summed E-state index contributed by atoms with van der Waals surface area (Å²) in [6, 6.07) is 16.1. The fourth-order valence-electron chi connectivity index (χ4n) is 3.24. The van der Waals surface area contributed by atoms with E-state index < -0.39 is 5.97 Å². The first-order valence-corrected chi connectivity index (χ1v) is 9.16. The monoisotopic (exact) mass is 405 g/mol. The molecule has 0 spiro atoms. The van der Waals surface area contributed by atoms with Crippen molar-refractivity contribution in [3.05, 3.63) is 76.9 Å². The normalized spacial score (nSPS) is 10.5. The number of rotatable bonds is 7. The lowest BCUT2D eigenvalue weighted by Crippen LogP contribution is -2.72. The molecule has 0 aliphatic heterocycles. The molecule has 30 heavy (non-hydrogen) atoms. The van der Waals surface area contributed by atoms with Gasteiger partial charge in [0.15, 0.2) is 5.78 Å². The number of aliphatic carboxylic acids is 1. The van der Waals surface area contributed by atoms with E-state index in [1.165, 1.54) is 0 Å². The summed E-state index contributed by atoms with van der Waals surface area (Å²) in [6.07, 6.45) is -0.0689. The third-order valence-electron chi connectivity index (χ3n) is 4.56. The Morgan fingerprint density at radius 2 is 1.53 bits per heavy atom. The van der Waals surface area contributed by atoms with Crippen LogP contribution in [0, 0.1) is 0 Å². The number of Topliss-reactive ketones (excluding diaryl/α,β-unsaturated/α-hetero) is 1. The summed E-state index contributed by atoms with van der Waals surface area (Å²) in [7, 11) is 0. The molecular weight excluding hydrogens is 382 g/mol. The second-order valence-electron chi connectivity index (χ2n) is 7.02. The molecule has 8 heteroatoms. The van der Waals surface area contributed by atoms with Crippen LogP contribution in [0.2, 0.25) is 0 Å². The first-order chi connectivity index (χ1) is 14.2. The van der Waals surface area contributed by atoms with Crippen molar-refractivity contribution < 1.29 is 25.1 Å². The number of carboxylic acids is 1. The minimum absolute atomic E-state index is 0.0508. The van der Waals surface area contributed by atoms with Crippen LogP contribution >= 0.6 is 0 Å². The molecule has 0 radical (unpaired) electrons. The van der Waals surface area contributed by atoms with E-state index in [4.69, 9.17) is 27.7 Å². The summed E-state index contributed by atoms with van der Waals surface area (Å²) in [6.45, 7) is 0. The number of carboxylic acid groups (broad SMARTS) is 1. The van der Waals surface area contributed by atoms with E-state index >= 15 is 0 Å². The third kappa shape index (κ3) is 4.99. The molecule has 3 aromatic carbocycles. The summed E-state index contributed by atoms with van der Waals surface area (Å²) >= 11 is 0. The zero-order valence-electron chi connectivity index (χ0n) is 16.2. The summed E-state index contributed by atoms with van der Waals surface area (Å²) < 4.78 is 0. The van der Waals surface area contributed by atoms with Crippen LogP contribution in [0.3, 0.4) is 0 Å². The minimum atomic E-state index is -1.00. The highest BCUT2D eigenvalue weighted by atomic mass is 16.4. The number of guanidine groups is 1. The van der Waals surface area contributed by atoms with Crippen molar-refractivity contribution in [3.8, 4) is 0 Å². The van der Waals surface area contributed by atoms with Crippen molar-refractivity contribution in [3.63, 3.8) is 0 Å². The van der Waals surface area contributed by atoms with Crippen LogP contribution in [0.1, 0.15) is 27.0 Å². The number of nitrogens with two attached hydrogens (primary N) is 4. The summed E-state index contributed by atoms with van der Waals surface area (Å²) in [5.41, 5.74) is 19.5. The van der Waals surface area contributed by atoms with Crippen LogP contribution < -0.4 is 27.6 Å². The first-order valence-electron chi connectivity index (χ1n) is 9.16. The zero-order valence-corrected chi connectivity index (χ0v) is 16.2. The second kappa shape index (κ2) is 8.44. The van der Waals surface area contributed by atoms with Gasteiger partial charge in [0.1, 0.15) is 0 Å². The summed E-state index contributed by atoms with van der Waals surface area (Å²) in [5.74, 6) is -0.960. The van der Waals surface area contributed by atoms with E-state index in [-0.39, 0.29) is 30.4 Å². The van der Waals surface area contributed by atoms with Crippen LogP contribution in [0.25, 0.3) is 10.8 Å². The highest BCUT2D eigenvalue weighted by Crippen LogP contribution is 2.20. The Hall–Kier alpha value is -4.20. The smallest absolute Gasteiger partial charge is 0.343 e. The quantitative estimate of drug-likeness (QED) is 0.156. The van der Waals surface area contributed by atoms with Crippen LogP contribution in [-0.2, 0) is 17.6 Å². The molecule has 10 N–H and O–H groups in total. The van der Waals surface area contributed by atoms with Crippen LogP contribution in [-0.4, -0.2) is 28.7 Å². The lowest BCUT2D eigenvalue weighted by Gasteiger charge is -2.07. The molecule has 3 rings (SSSR count). The number of carbonyl (C=O) groups excluding carboxylic acids is 1. The Labute approximate surface area is 172 Å². The van der Waals surface area contributed by atoms with E-state index in [2.05, 4.69) is 4.99 Å². The molecule has 0 aliphatic carbocycles. The molecule has 0 heterocycles. The second-order valence-corrected chi connectivity index (χ2v) is 7.02. The van der Waals surface area contributed by atoms with Gasteiger partial charge >= 0.3 is 11.9 Å². The molecule has 3 aromatic rings. The number of benzene rings is 3. The van der Waals surface area contributed by atoms with Gasteiger partial charge in [-0.2, -0.15) is 0 Å². The van der Waals surface area contributed by atoms with Gasteiger partial charge in [0.25, 0.3) is 5.84 Å². The number of carbonyl (C=O) groups is 2. The lowest BCUT2D eigenvalue weighted by molar-refractivity contribution is -0.356. The van der Waals surface area contributed by atoms with Gasteiger partial charge in [0, 0.05) is 12.0 Å². The number of hydrogen-bond donors (Lipinski definition) is 6. The predicted molar refractivity (Wildman–Crippen MR) is 114 cm³/mol. The molecule has 152 valence electrons. The SMILES string of the molecule is NC(=[NH2+])c1ccc2cc(CC(=O)c3cc(CC(=O)O)cc([NH+]=C(N)N)c3)ccc2c1. The average molecular weight is 405 g/mol. The molecule has 0 saturated carbocycles. The van der Waals surface area contributed by atoms with Crippen molar-refractivity contribution >= 4 is 40.0 Å². The third-order valence-corrected chi connectivity index (χ3v) is 4.56. The maximum absolute atomic E-state index is 12.9. The van der Waals surface area contributed by atoms with Gasteiger partial charge in [-0.3, -0.25) is 32.2 Å². The predicted octanol–water partition coefficient (Wildman–Crippen LogP) is -1.66. The van der Waals surface area contributed by atoms with Gasteiger partial charge in [-0.15, -0.1) is 0 Å². The molecule has 0 unspecified atom stereocenters. The van der Waals surface area contributed by atoms with Crippen LogP contribution in [0.4, 0.5) is 5.69 Å². The van der Waals surface area contributed by atoms with Gasteiger partial charge in [0.2, 0.25) is 0 Å². The van der Waals surface area contributed by atoms with Crippen molar-refractivity contribution in [2.24, 2.45) is 17.2 Å². The standard InChI is InChI=1S/C22H21N5O3/c23-21(24)16-4-3-14-5-12(1-2-15(14)10-16)8-19(28)17-6-13(9-20(29)30)7-18(11-17)27-22(25)26/h1-7,10-11H,8-9H2,(H3,23,24)(H,29,30)(H4,25,26,27)/p+2. The zero-order chi connectivity index (χ0) is 21.8. The van der Waals surface area contributed by atoms with E-state index in [0.29, 0.717) is 16.8 Å². The molecule has 0 bridgehead atoms. The molecule has 0 atom stereocenters. The van der Waals surface area contributed by atoms with Crippen molar-refractivity contribution in [2.45, 2.75) is 12.8 Å². The van der Waals surface area contributed by atoms with Crippen molar-refractivity contribution in [1.29, 1.82) is 0 Å². The van der Waals surface area contributed by atoms with Gasteiger partial charge in [-0.1, -0.05) is 24.3 Å². The molecule has 0 amide bonds. The number of fused-ring (bicyclic) bond motifs is 1. The van der Waals surface area contributed by atoms with Crippen LogP contribution in [0.5, 0.6) is 0 Å². The van der Waals surface area contributed by atoms with Crippen molar-refractivity contribution in [2.75, 3.05) is 0 Å². The van der Waals surface area contributed by atoms with E-state index in [1.807, 2.05) is 36.4 Å². The average Bonchev–Trinajstić information content (AvgIpc) is 2.66. The van der Waals surface area contributed by atoms with E-state index in [9.17, 15) is 9.59 Å². The molecular formula is C22H23N5O3+2. The number of ketones is 1. The Morgan fingerprint density at radius 3 is 2.20 bits per heavy atom. The minimum Gasteiger partial charge on any atom is -0.481 e. The fraction of sp³-hybridized carbons (Fsp3) is 0.0909. The Kier molecular flexibility index (Phi) is 5.78. The van der Waals surface area contributed by atoms with E-state index in [0.717, 1.165) is 21.9 Å². The fourth-order valence-corrected chi connectivity index (χ4v) is 3.24. The van der Waals surface area contributed by atoms with Gasteiger partial charge in [0.05, 0.1) is 17.7 Å². The Balaban J connectivity index is 1.90. The number of amidine groups is 1. The summed E-state index contributed by atoms with van der Waals surface area (Å²) in [5, 5.41) is 16.6. The molecule has 0 fully saturated rings. The van der Waals surface area contributed by atoms with Crippen molar-refractivity contribution in [1.82, 2.24) is 0 Å². The van der Waals surface area contributed by atoms with Gasteiger partial charge in [-0.25, -0.2) is 4.99 Å². The van der Waals surface area contributed by atoms with Gasteiger partial charge < -0.3 is 5.11 Å². The maximum atomic E-state index is 12.9. The molecule has 8 nitrogen and oxygen atoms in total. The largest absolute Gasteiger partial charge is 0.481 e. The molecule has 0 saturated heterocycles. The first kappa shape index (κ1) is 20.5. The number of nitrogens with one attached hydrogen (secondary N) is 1. The molecule has 0 aromatic heterocycles. The summed E-state index contributed by atoms with van der Waals surface area (Å²) in [4.78, 5) is 26.7. The van der Waals surface area contributed by atoms with E-state index in [1.54, 1.807) is 18.2 Å². The maximum Gasteiger partial charge on any atom is 0.343 e. The topological polar surface area (TPSA) is 172 Å². The van der Waals surface area contributed by atoms with Gasteiger partial charge in [-0.05, 0) is 52.2 Å². The van der Waals surface area contributed by atoms with Crippen LogP contribution in [0.15, 0.2) is 54.6 Å².